The summed E-state index contributed by atoms with van der Waals surface area (Å²) in [5, 5.41) is 0. The summed E-state index contributed by atoms with van der Waals surface area (Å²) >= 11 is 1.64. The zero-order valence-electron chi connectivity index (χ0n) is 6.92. The van der Waals surface area contributed by atoms with E-state index in [2.05, 4.69) is 35.9 Å². The van der Waals surface area contributed by atoms with Gasteiger partial charge in [-0.1, -0.05) is 19.1 Å². The van der Waals surface area contributed by atoms with E-state index in [9.17, 15) is 0 Å². The molecule has 0 aliphatic rings. The summed E-state index contributed by atoms with van der Waals surface area (Å²) in [5.41, 5.74) is 1.39. The first-order valence-corrected chi connectivity index (χ1v) is 4.61. The Labute approximate surface area is 72.3 Å². The van der Waals surface area contributed by atoms with Crippen molar-refractivity contribution >= 4 is 11.9 Å². The van der Waals surface area contributed by atoms with Crippen molar-refractivity contribution in [2.75, 3.05) is 7.05 Å². The van der Waals surface area contributed by atoms with E-state index >= 15 is 0 Å². The predicted octanol–water partition coefficient (Wildman–Crippen LogP) is 2.48. The Morgan fingerprint density at radius 3 is 2.36 bits per heavy atom. The zero-order valence-corrected chi connectivity index (χ0v) is 7.74. The lowest BCUT2D eigenvalue weighted by atomic mass is 10.2. The standard InChI is InChI=1S/C9H13NS/c1-3-8-4-6-9(7-5-8)11-10-2/h4-7,10H,3H2,1-2H3. The largest absolute Gasteiger partial charge is 0.263 e. The highest BCUT2D eigenvalue weighted by molar-refractivity contribution is 7.97. The van der Waals surface area contributed by atoms with E-state index < -0.39 is 0 Å². The van der Waals surface area contributed by atoms with Crippen LogP contribution in [-0.2, 0) is 6.42 Å². The second kappa shape index (κ2) is 4.42. The molecule has 11 heavy (non-hydrogen) atoms. The van der Waals surface area contributed by atoms with E-state index in [4.69, 9.17) is 0 Å². The number of rotatable bonds is 3. The molecular weight excluding hydrogens is 154 g/mol. The monoisotopic (exact) mass is 167 g/mol. The van der Waals surface area contributed by atoms with Crippen LogP contribution in [0.25, 0.3) is 0 Å². The Kier molecular flexibility index (Phi) is 3.46. The Hall–Kier alpha value is -0.470. The average Bonchev–Trinajstić information content (AvgIpc) is 2.07. The SMILES string of the molecule is CCc1ccc(SNC)cc1. The Morgan fingerprint density at radius 1 is 1.27 bits per heavy atom. The summed E-state index contributed by atoms with van der Waals surface area (Å²) in [4.78, 5) is 1.27. The maximum atomic E-state index is 3.04. The van der Waals surface area contributed by atoms with Gasteiger partial charge in [0.1, 0.15) is 0 Å². The van der Waals surface area contributed by atoms with Gasteiger partial charge in [-0.05, 0) is 43.1 Å². The van der Waals surface area contributed by atoms with Crippen molar-refractivity contribution in [2.24, 2.45) is 0 Å². The van der Waals surface area contributed by atoms with Gasteiger partial charge in [0.15, 0.2) is 0 Å². The molecule has 1 aromatic rings. The van der Waals surface area contributed by atoms with Crippen LogP contribution in [0.3, 0.4) is 0 Å². The highest BCUT2D eigenvalue weighted by Crippen LogP contribution is 2.14. The van der Waals surface area contributed by atoms with Gasteiger partial charge < -0.3 is 0 Å². The van der Waals surface area contributed by atoms with Crippen LogP contribution in [-0.4, -0.2) is 7.05 Å². The van der Waals surface area contributed by atoms with Crippen LogP contribution in [0.5, 0.6) is 0 Å². The van der Waals surface area contributed by atoms with Crippen LogP contribution in [0.2, 0.25) is 0 Å². The summed E-state index contributed by atoms with van der Waals surface area (Å²) in [7, 11) is 1.93. The smallest absolute Gasteiger partial charge is 0.0228 e. The van der Waals surface area contributed by atoms with Crippen molar-refractivity contribution < 1.29 is 0 Å². The van der Waals surface area contributed by atoms with Gasteiger partial charge in [0.05, 0.1) is 0 Å². The van der Waals surface area contributed by atoms with E-state index in [-0.39, 0.29) is 0 Å². The molecule has 0 amide bonds. The van der Waals surface area contributed by atoms with E-state index in [0.717, 1.165) is 6.42 Å². The topological polar surface area (TPSA) is 12.0 Å². The zero-order chi connectivity index (χ0) is 8.10. The third kappa shape index (κ3) is 2.56. The van der Waals surface area contributed by atoms with Crippen LogP contribution in [0, 0.1) is 0 Å². The molecule has 0 aliphatic carbocycles. The molecule has 0 bridgehead atoms. The highest BCUT2D eigenvalue weighted by Gasteiger charge is 1.90. The van der Waals surface area contributed by atoms with E-state index in [1.165, 1.54) is 10.5 Å². The van der Waals surface area contributed by atoms with Crippen LogP contribution in [0.1, 0.15) is 12.5 Å². The summed E-state index contributed by atoms with van der Waals surface area (Å²) < 4.78 is 3.04. The van der Waals surface area contributed by atoms with Gasteiger partial charge in [0.25, 0.3) is 0 Å². The van der Waals surface area contributed by atoms with Crippen LogP contribution < -0.4 is 4.72 Å². The molecule has 0 unspecified atom stereocenters. The Bertz CT molecular complexity index is 205. The number of benzene rings is 1. The minimum Gasteiger partial charge on any atom is -0.263 e. The normalized spacial score (nSPS) is 10.0. The molecule has 0 aliphatic heterocycles. The number of hydrogen-bond donors (Lipinski definition) is 1. The quantitative estimate of drug-likeness (QED) is 0.694. The molecule has 0 radical (unpaired) electrons. The van der Waals surface area contributed by atoms with Gasteiger partial charge in [0, 0.05) is 4.90 Å². The van der Waals surface area contributed by atoms with Crippen molar-refractivity contribution in [1.82, 2.24) is 4.72 Å². The Morgan fingerprint density at radius 2 is 1.91 bits per heavy atom. The van der Waals surface area contributed by atoms with Gasteiger partial charge in [0.2, 0.25) is 0 Å². The summed E-state index contributed by atoms with van der Waals surface area (Å²) in [6.45, 7) is 2.17. The minimum atomic E-state index is 1.12. The second-order valence-electron chi connectivity index (χ2n) is 2.30. The van der Waals surface area contributed by atoms with Crippen LogP contribution in [0.15, 0.2) is 29.2 Å². The van der Waals surface area contributed by atoms with Gasteiger partial charge in [-0.25, -0.2) is 0 Å². The fourth-order valence-corrected chi connectivity index (χ4v) is 1.42. The number of aryl methyl sites for hydroxylation is 1. The molecule has 1 N–H and O–H groups in total. The van der Waals surface area contributed by atoms with Crippen molar-refractivity contribution in [3.8, 4) is 0 Å². The molecule has 0 heterocycles. The molecule has 0 aromatic heterocycles. The first-order chi connectivity index (χ1) is 5.36. The van der Waals surface area contributed by atoms with Gasteiger partial charge in [-0.15, -0.1) is 0 Å². The van der Waals surface area contributed by atoms with Crippen molar-refractivity contribution in [3.63, 3.8) is 0 Å². The molecule has 60 valence electrons. The molecule has 0 saturated heterocycles. The van der Waals surface area contributed by atoms with Crippen molar-refractivity contribution in [1.29, 1.82) is 0 Å². The summed E-state index contributed by atoms with van der Waals surface area (Å²) in [6.07, 6.45) is 1.12. The van der Waals surface area contributed by atoms with Gasteiger partial charge in [-0.3, -0.25) is 4.72 Å². The molecule has 0 saturated carbocycles. The molecule has 1 rings (SSSR count). The van der Waals surface area contributed by atoms with Gasteiger partial charge in [-0.2, -0.15) is 0 Å². The molecule has 1 nitrogen and oxygen atoms in total. The maximum Gasteiger partial charge on any atom is 0.0228 e. The predicted molar refractivity (Wildman–Crippen MR) is 50.7 cm³/mol. The second-order valence-corrected chi connectivity index (χ2v) is 3.39. The van der Waals surface area contributed by atoms with E-state index in [1.807, 2.05) is 7.05 Å². The lowest BCUT2D eigenvalue weighted by molar-refractivity contribution is 1.13. The highest BCUT2D eigenvalue weighted by atomic mass is 32.2. The lowest BCUT2D eigenvalue weighted by Crippen LogP contribution is -1.90. The summed E-state index contributed by atoms with van der Waals surface area (Å²) in [5.74, 6) is 0. The number of hydrogen-bond acceptors (Lipinski definition) is 2. The maximum absolute atomic E-state index is 3.04. The van der Waals surface area contributed by atoms with Crippen molar-refractivity contribution in [3.05, 3.63) is 29.8 Å². The van der Waals surface area contributed by atoms with Gasteiger partial charge >= 0.3 is 0 Å². The molecule has 2 heteroatoms. The fraction of sp³-hybridized carbons (Fsp3) is 0.333. The fourth-order valence-electron chi connectivity index (χ4n) is 0.911. The summed E-state index contributed by atoms with van der Waals surface area (Å²) in [6, 6.07) is 8.61. The molecule has 0 atom stereocenters. The Balaban J connectivity index is 2.66. The lowest BCUT2D eigenvalue weighted by Gasteiger charge is -1.99. The first-order valence-electron chi connectivity index (χ1n) is 3.79. The average molecular weight is 167 g/mol. The third-order valence-electron chi connectivity index (χ3n) is 1.55. The number of nitrogens with one attached hydrogen (secondary N) is 1. The van der Waals surface area contributed by atoms with E-state index in [1.54, 1.807) is 11.9 Å². The van der Waals surface area contributed by atoms with Crippen molar-refractivity contribution in [2.45, 2.75) is 18.2 Å². The first kappa shape index (κ1) is 8.62. The third-order valence-corrected chi connectivity index (χ3v) is 2.26. The molecular formula is C9H13NS. The molecule has 1 aromatic carbocycles. The molecule has 0 fully saturated rings. The molecule has 0 spiro atoms. The van der Waals surface area contributed by atoms with Crippen LogP contribution in [0.4, 0.5) is 0 Å². The van der Waals surface area contributed by atoms with Crippen LogP contribution >= 0.6 is 11.9 Å². The van der Waals surface area contributed by atoms with E-state index in [0.29, 0.717) is 0 Å². The minimum absolute atomic E-state index is 1.12.